The van der Waals surface area contributed by atoms with E-state index in [2.05, 4.69) is 12.1 Å². The van der Waals surface area contributed by atoms with E-state index in [-0.39, 0.29) is 0 Å². The molecule has 0 amide bonds. The zero-order chi connectivity index (χ0) is 11.7. The monoisotopic (exact) mass is 230 g/mol. The van der Waals surface area contributed by atoms with Gasteiger partial charge in [0.2, 0.25) is 0 Å². The molecule has 2 aliphatic rings. The number of ketones is 1. The minimum absolute atomic E-state index is 0.297. The van der Waals surface area contributed by atoms with Crippen LogP contribution in [0.15, 0.2) is 30.3 Å². The fourth-order valence-corrected chi connectivity index (χ4v) is 3.14. The van der Waals surface area contributed by atoms with Crippen molar-refractivity contribution >= 4 is 5.78 Å². The maximum atomic E-state index is 11.8. The Morgan fingerprint density at radius 1 is 1.06 bits per heavy atom. The smallest absolute Gasteiger partial charge is 0.139 e. The normalized spacial score (nSPS) is 31.8. The van der Waals surface area contributed by atoms with Crippen LogP contribution < -0.4 is 0 Å². The highest BCUT2D eigenvalue weighted by Gasteiger charge is 2.41. The van der Waals surface area contributed by atoms with Crippen LogP contribution in [0.4, 0.5) is 0 Å². The molecule has 0 N–H and O–H groups in total. The summed E-state index contributed by atoms with van der Waals surface area (Å²) in [5.74, 6) is 1.11. The molecule has 3 rings (SSSR count). The van der Waals surface area contributed by atoms with E-state index in [0.29, 0.717) is 30.3 Å². The van der Waals surface area contributed by atoms with E-state index in [9.17, 15) is 4.79 Å². The van der Waals surface area contributed by atoms with Crippen molar-refractivity contribution in [2.45, 2.75) is 38.4 Å². The summed E-state index contributed by atoms with van der Waals surface area (Å²) < 4.78 is 5.95. The molecule has 1 aromatic carbocycles. The van der Waals surface area contributed by atoms with E-state index < -0.39 is 0 Å². The third kappa shape index (κ3) is 2.27. The first-order valence-electron chi connectivity index (χ1n) is 6.52. The first-order chi connectivity index (χ1) is 8.33. The van der Waals surface area contributed by atoms with Crippen LogP contribution in [0, 0.1) is 11.8 Å². The van der Waals surface area contributed by atoms with Crippen LogP contribution >= 0.6 is 0 Å². The van der Waals surface area contributed by atoms with Crippen LogP contribution in [0.3, 0.4) is 0 Å². The molecule has 2 unspecified atom stereocenters. The molecule has 0 heterocycles. The number of benzene rings is 1. The van der Waals surface area contributed by atoms with Gasteiger partial charge in [-0.3, -0.25) is 4.79 Å². The average Bonchev–Trinajstić information content (AvgIpc) is 2.61. The number of fused-ring (bicyclic) bond motifs is 2. The third-order valence-corrected chi connectivity index (χ3v) is 4.09. The standard InChI is InChI=1S/C15H18O2/c16-15-12-6-7-13(15)9-14(8-12)17-10-11-4-2-1-3-5-11/h1-5,12-14H,6-10H2. The molecule has 0 saturated heterocycles. The molecule has 0 aromatic heterocycles. The predicted molar refractivity (Wildman–Crippen MR) is 65.5 cm³/mol. The highest BCUT2D eigenvalue weighted by molar-refractivity contribution is 5.86. The lowest BCUT2D eigenvalue weighted by Gasteiger charge is -2.26. The SMILES string of the molecule is O=C1C2CCC1CC(OCc1ccccc1)C2. The van der Waals surface area contributed by atoms with E-state index in [0.717, 1.165) is 25.7 Å². The fraction of sp³-hybridized carbons (Fsp3) is 0.533. The van der Waals surface area contributed by atoms with Crippen molar-refractivity contribution in [3.63, 3.8) is 0 Å². The summed E-state index contributed by atoms with van der Waals surface area (Å²) in [6.45, 7) is 0.680. The zero-order valence-corrected chi connectivity index (χ0v) is 9.97. The highest BCUT2D eigenvalue weighted by atomic mass is 16.5. The Morgan fingerprint density at radius 2 is 1.71 bits per heavy atom. The summed E-state index contributed by atoms with van der Waals surface area (Å²) in [7, 11) is 0. The number of hydrogen-bond acceptors (Lipinski definition) is 2. The summed E-state index contributed by atoms with van der Waals surface area (Å²) in [5.41, 5.74) is 1.22. The second kappa shape index (κ2) is 4.61. The van der Waals surface area contributed by atoms with Crippen LogP contribution in [0.2, 0.25) is 0 Å². The molecule has 90 valence electrons. The third-order valence-electron chi connectivity index (χ3n) is 4.09. The molecular formula is C15H18O2. The van der Waals surface area contributed by atoms with Gasteiger partial charge in [-0.2, -0.15) is 0 Å². The van der Waals surface area contributed by atoms with Crippen molar-refractivity contribution in [3.8, 4) is 0 Å². The Balaban J connectivity index is 1.56. The Kier molecular flexibility index (Phi) is 2.98. The molecule has 0 aliphatic heterocycles. The molecule has 2 nitrogen and oxygen atoms in total. The molecule has 0 spiro atoms. The summed E-state index contributed by atoms with van der Waals surface area (Å²) in [6, 6.07) is 10.3. The lowest BCUT2D eigenvalue weighted by Crippen LogP contribution is -2.30. The van der Waals surface area contributed by atoms with Crippen molar-refractivity contribution in [3.05, 3.63) is 35.9 Å². The van der Waals surface area contributed by atoms with Gasteiger partial charge in [0.15, 0.2) is 0 Å². The van der Waals surface area contributed by atoms with Crippen molar-refractivity contribution < 1.29 is 9.53 Å². The van der Waals surface area contributed by atoms with Crippen molar-refractivity contribution in [2.24, 2.45) is 11.8 Å². The maximum Gasteiger partial charge on any atom is 0.139 e. The van der Waals surface area contributed by atoms with Crippen molar-refractivity contribution in [2.75, 3.05) is 0 Å². The number of carbonyl (C=O) groups is 1. The average molecular weight is 230 g/mol. The molecule has 1 aromatic rings. The quantitative estimate of drug-likeness (QED) is 0.798. The predicted octanol–water partition coefficient (Wildman–Crippen LogP) is 2.96. The van der Waals surface area contributed by atoms with E-state index in [1.807, 2.05) is 18.2 Å². The molecular weight excluding hydrogens is 212 g/mol. The zero-order valence-electron chi connectivity index (χ0n) is 9.97. The molecule has 2 aliphatic carbocycles. The molecule has 2 fully saturated rings. The first kappa shape index (κ1) is 11.0. The van der Waals surface area contributed by atoms with E-state index >= 15 is 0 Å². The molecule has 2 heteroatoms. The van der Waals surface area contributed by atoms with Crippen LogP contribution in [0.5, 0.6) is 0 Å². The second-order valence-electron chi connectivity index (χ2n) is 5.26. The maximum absolute atomic E-state index is 11.8. The van der Waals surface area contributed by atoms with E-state index in [1.54, 1.807) is 0 Å². The van der Waals surface area contributed by atoms with Gasteiger partial charge in [0.1, 0.15) is 5.78 Å². The van der Waals surface area contributed by atoms with Crippen LogP contribution in [0.1, 0.15) is 31.2 Å². The number of rotatable bonds is 3. The number of Topliss-reactive ketones (excluding diaryl/α,β-unsaturated/α-hetero) is 1. The Labute approximate surface area is 102 Å². The topological polar surface area (TPSA) is 26.3 Å². The van der Waals surface area contributed by atoms with Crippen LogP contribution in [-0.2, 0) is 16.1 Å². The summed E-state index contributed by atoms with van der Waals surface area (Å²) in [5, 5.41) is 0. The summed E-state index contributed by atoms with van der Waals surface area (Å²) >= 11 is 0. The fourth-order valence-electron chi connectivity index (χ4n) is 3.14. The molecule has 2 atom stereocenters. The van der Waals surface area contributed by atoms with Gasteiger partial charge in [0.05, 0.1) is 12.7 Å². The van der Waals surface area contributed by atoms with Gasteiger partial charge in [-0.05, 0) is 31.2 Å². The lowest BCUT2D eigenvalue weighted by molar-refractivity contribution is -0.130. The Bertz CT molecular complexity index is 383. The van der Waals surface area contributed by atoms with Gasteiger partial charge in [0.25, 0.3) is 0 Å². The molecule has 17 heavy (non-hydrogen) atoms. The van der Waals surface area contributed by atoms with Crippen molar-refractivity contribution in [1.29, 1.82) is 0 Å². The van der Waals surface area contributed by atoms with Gasteiger partial charge in [-0.15, -0.1) is 0 Å². The van der Waals surface area contributed by atoms with E-state index in [4.69, 9.17) is 4.74 Å². The first-order valence-corrected chi connectivity index (χ1v) is 6.52. The van der Waals surface area contributed by atoms with Gasteiger partial charge in [-0.1, -0.05) is 30.3 Å². The molecule has 2 saturated carbocycles. The van der Waals surface area contributed by atoms with Gasteiger partial charge in [-0.25, -0.2) is 0 Å². The van der Waals surface area contributed by atoms with Crippen LogP contribution in [-0.4, -0.2) is 11.9 Å². The van der Waals surface area contributed by atoms with Gasteiger partial charge in [0, 0.05) is 11.8 Å². The largest absolute Gasteiger partial charge is 0.373 e. The van der Waals surface area contributed by atoms with Gasteiger partial charge >= 0.3 is 0 Å². The van der Waals surface area contributed by atoms with E-state index in [1.165, 1.54) is 5.56 Å². The minimum Gasteiger partial charge on any atom is -0.373 e. The minimum atomic E-state index is 0.297. The Hall–Kier alpha value is -1.15. The summed E-state index contributed by atoms with van der Waals surface area (Å²) in [6.07, 6.45) is 4.37. The summed E-state index contributed by atoms with van der Waals surface area (Å²) in [4.78, 5) is 11.8. The van der Waals surface area contributed by atoms with Crippen LogP contribution in [0.25, 0.3) is 0 Å². The molecule has 0 radical (unpaired) electrons. The number of carbonyl (C=O) groups excluding carboxylic acids is 1. The number of ether oxygens (including phenoxy) is 1. The number of hydrogen-bond donors (Lipinski definition) is 0. The molecule has 2 bridgehead atoms. The Morgan fingerprint density at radius 3 is 2.35 bits per heavy atom. The highest BCUT2D eigenvalue weighted by Crippen LogP contribution is 2.40. The lowest BCUT2D eigenvalue weighted by atomic mass is 9.86. The second-order valence-corrected chi connectivity index (χ2v) is 5.26. The van der Waals surface area contributed by atoms with Crippen molar-refractivity contribution in [1.82, 2.24) is 0 Å². The van der Waals surface area contributed by atoms with Gasteiger partial charge < -0.3 is 4.74 Å².